The Morgan fingerprint density at radius 3 is 2.35 bits per heavy atom. The highest BCUT2D eigenvalue weighted by Crippen LogP contribution is 2.30. The Labute approximate surface area is 117 Å². The standard InChI is InChI=1S/C12H9BrCl2O2/c13-12-5-4-11(17-12)10(16)6-7-8(14)2-1-3-9(7)15/h1-5,10,16H,6H2. The van der Waals surface area contributed by atoms with Gasteiger partial charge in [-0.05, 0) is 45.8 Å². The fourth-order valence-electron chi connectivity index (χ4n) is 1.53. The molecule has 0 spiro atoms. The molecule has 0 aliphatic heterocycles. The van der Waals surface area contributed by atoms with Crippen LogP contribution in [0, 0.1) is 0 Å². The van der Waals surface area contributed by atoms with Crippen LogP contribution in [0.5, 0.6) is 0 Å². The van der Waals surface area contributed by atoms with Crippen LogP contribution in [0.25, 0.3) is 0 Å². The smallest absolute Gasteiger partial charge is 0.169 e. The molecule has 90 valence electrons. The maximum absolute atomic E-state index is 10.0. The molecule has 1 unspecified atom stereocenters. The van der Waals surface area contributed by atoms with Crippen molar-refractivity contribution in [3.63, 3.8) is 0 Å². The minimum absolute atomic E-state index is 0.318. The summed E-state index contributed by atoms with van der Waals surface area (Å²) in [6.07, 6.45) is -0.447. The van der Waals surface area contributed by atoms with Gasteiger partial charge in [0.2, 0.25) is 0 Å². The van der Waals surface area contributed by atoms with Crippen molar-refractivity contribution in [1.29, 1.82) is 0 Å². The predicted octanol–water partition coefficient (Wildman–Crippen LogP) is 4.63. The van der Waals surface area contributed by atoms with Crippen LogP contribution in [-0.4, -0.2) is 5.11 Å². The normalized spacial score (nSPS) is 12.7. The quantitative estimate of drug-likeness (QED) is 0.887. The Kier molecular flexibility index (Phi) is 4.15. The third-order valence-electron chi connectivity index (χ3n) is 2.38. The number of aliphatic hydroxyl groups excluding tert-OH is 1. The van der Waals surface area contributed by atoms with E-state index in [-0.39, 0.29) is 0 Å². The molecular weight excluding hydrogens is 327 g/mol. The first-order valence-corrected chi connectivity index (χ1v) is 6.49. The van der Waals surface area contributed by atoms with Gasteiger partial charge in [-0.25, -0.2) is 0 Å². The Hall–Kier alpha value is -0.480. The van der Waals surface area contributed by atoms with E-state index >= 15 is 0 Å². The summed E-state index contributed by atoms with van der Waals surface area (Å²) in [5.41, 5.74) is 0.718. The van der Waals surface area contributed by atoms with Crippen molar-refractivity contribution < 1.29 is 9.52 Å². The largest absolute Gasteiger partial charge is 0.452 e. The minimum atomic E-state index is -0.765. The average Bonchev–Trinajstić information content (AvgIpc) is 2.70. The highest BCUT2D eigenvalue weighted by Gasteiger charge is 2.16. The van der Waals surface area contributed by atoms with Gasteiger partial charge in [0.05, 0.1) is 0 Å². The summed E-state index contributed by atoms with van der Waals surface area (Å²) in [6, 6.07) is 8.69. The van der Waals surface area contributed by atoms with Crippen LogP contribution in [0.4, 0.5) is 0 Å². The van der Waals surface area contributed by atoms with Crippen molar-refractivity contribution in [3.8, 4) is 0 Å². The maximum atomic E-state index is 10.0. The molecule has 2 rings (SSSR count). The van der Waals surface area contributed by atoms with Gasteiger partial charge in [-0.3, -0.25) is 0 Å². The van der Waals surface area contributed by atoms with E-state index in [1.54, 1.807) is 30.3 Å². The van der Waals surface area contributed by atoms with Crippen molar-refractivity contribution in [2.24, 2.45) is 0 Å². The number of furan rings is 1. The first kappa shape index (κ1) is 13.0. The molecule has 1 atom stereocenters. The average molecular weight is 336 g/mol. The lowest BCUT2D eigenvalue weighted by molar-refractivity contribution is 0.149. The van der Waals surface area contributed by atoms with Crippen LogP contribution in [-0.2, 0) is 6.42 Å². The summed E-state index contributed by atoms with van der Waals surface area (Å²) < 4.78 is 5.86. The van der Waals surface area contributed by atoms with E-state index in [1.165, 1.54) is 0 Å². The van der Waals surface area contributed by atoms with Crippen LogP contribution in [0.2, 0.25) is 10.0 Å². The van der Waals surface area contributed by atoms with Crippen molar-refractivity contribution in [2.45, 2.75) is 12.5 Å². The number of benzene rings is 1. The van der Waals surface area contributed by atoms with Gasteiger partial charge in [-0.1, -0.05) is 29.3 Å². The molecule has 17 heavy (non-hydrogen) atoms. The molecule has 1 N–H and O–H groups in total. The van der Waals surface area contributed by atoms with Gasteiger partial charge in [0.15, 0.2) is 4.67 Å². The van der Waals surface area contributed by atoms with Gasteiger partial charge in [0.1, 0.15) is 11.9 Å². The lowest BCUT2D eigenvalue weighted by Gasteiger charge is -2.10. The summed E-state index contributed by atoms with van der Waals surface area (Å²) in [7, 11) is 0. The topological polar surface area (TPSA) is 33.4 Å². The molecule has 0 aliphatic carbocycles. The van der Waals surface area contributed by atoms with Crippen LogP contribution < -0.4 is 0 Å². The van der Waals surface area contributed by atoms with Gasteiger partial charge in [0, 0.05) is 16.5 Å². The van der Waals surface area contributed by atoms with Crippen molar-refractivity contribution in [2.75, 3.05) is 0 Å². The number of halogens is 3. The van der Waals surface area contributed by atoms with Gasteiger partial charge in [-0.2, -0.15) is 0 Å². The molecule has 1 heterocycles. The SMILES string of the molecule is OC(Cc1c(Cl)cccc1Cl)c1ccc(Br)o1. The summed E-state index contributed by atoms with van der Waals surface area (Å²) in [5.74, 6) is 0.480. The summed E-state index contributed by atoms with van der Waals surface area (Å²) in [4.78, 5) is 0. The van der Waals surface area contributed by atoms with E-state index in [4.69, 9.17) is 27.6 Å². The molecule has 0 fully saturated rings. The fourth-order valence-corrected chi connectivity index (χ4v) is 2.40. The van der Waals surface area contributed by atoms with Crippen LogP contribution >= 0.6 is 39.1 Å². The van der Waals surface area contributed by atoms with E-state index < -0.39 is 6.10 Å². The highest BCUT2D eigenvalue weighted by atomic mass is 79.9. The Morgan fingerprint density at radius 2 is 1.82 bits per heavy atom. The molecule has 0 saturated carbocycles. The Bertz CT molecular complexity index is 505. The van der Waals surface area contributed by atoms with E-state index in [1.807, 2.05) is 0 Å². The Morgan fingerprint density at radius 1 is 1.18 bits per heavy atom. The zero-order valence-electron chi connectivity index (χ0n) is 8.66. The molecule has 0 aliphatic rings. The van der Waals surface area contributed by atoms with Crippen LogP contribution in [0.3, 0.4) is 0 Å². The lowest BCUT2D eigenvalue weighted by Crippen LogP contribution is -2.01. The summed E-state index contributed by atoms with van der Waals surface area (Å²) in [5, 5.41) is 11.1. The monoisotopic (exact) mass is 334 g/mol. The third kappa shape index (κ3) is 3.05. The van der Waals surface area contributed by atoms with Crippen LogP contribution in [0.1, 0.15) is 17.4 Å². The van der Waals surface area contributed by atoms with Gasteiger partial charge in [-0.15, -0.1) is 0 Å². The molecule has 0 bridgehead atoms. The van der Waals surface area contributed by atoms with E-state index in [9.17, 15) is 5.11 Å². The molecule has 0 amide bonds. The molecule has 2 aromatic rings. The second-order valence-electron chi connectivity index (χ2n) is 3.56. The minimum Gasteiger partial charge on any atom is -0.452 e. The van der Waals surface area contributed by atoms with Crippen molar-refractivity contribution >= 4 is 39.1 Å². The Balaban J connectivity index is 2.21. The summed E-state index contributed by atoms with van der Waals surface area (Å²) >= 11 is 15.2. The number of rotatable bonds is 3. The molecule has 2 nitrogen and oxygen atoms in total. The van der Waals surface area contributed by atoms with E-state index in [2.05, 4.69) is 15.9 Å². The van der Waals surface area contributed by atoms with Gasteiger partial charge >= 0.3 is 0 Å². The van der Waals surface area contributed by atoms with Crippen molar-refractivity contribution in [1.82, 2.24) is 0 Å². The highest BCUT2D eigenvalue weighted by molar-refractivity contribution is 9.10. The molecule has 5 heteroatoms. The molecule has 1 aromatic carbocycles. The lowest BCUT2D eigenvalue weighted by atomic mass is 10.1. The van der Waals surface area contributed by atoms with E-state index in [0.29, 0.717) is 26.9 Å². The second kappa shape index (κ2) is 5.44. The molecule has 1 aromatic heterocycles. The molecule has 0 saturated heterocycles. The van der Waals surface area contributed by atoms with Crippen molar-refractivity contribution in [3.05, 3.63) is 56.4 Å². The molecule has 0 radical (unpaired) electrons. The maximum Gasteiger partial charge on any atom is 0.169 e. The second-order valence-corrected chi connectivity index (χ2v) is 5.16. The predicted molar refractivity (Wildman–Crippen MR) is 71.5 cm³/mol. The number of aliphatic hydroxyl groups is 1. The van der Waals surface area contributed by atoms with Crippen LogP contribution in [0.15, 0.2) is 39.4 Å². The zero-order valence-corrected chi connectivity index (χ0v) is 11.8. The first-order valence-electron chi connectivity index (χ1n) is 4.94. The van der Waals surface area contributed by atoms with E-state index in [0.717, 1.165) is 5.56 Å². The fraction of sp³-hybridized carbons (Fsp3) is 0.167. The number of hydrogen-bond acceptors (Lipinski definition) is 2. The summed E-state index contributed by atoms with van der Waals surface area (Å²) in [6.45, 7) is 0. The number of hydrogen-bond donors (Lipinski definition) is 1. The van der Waals surface area contributed by atoms with Gasteiger partial charge in [0.25, 0.3) is 0 Å². The van der Waals surface area contributed by atoms with Gasteiger partial charge < -0.3 is 9.52 Å². The zero-order chi connectivity index (χ0) is 12.4. The first-order chi connectivity index (χ1) is 8.08. The molecular formula is C12H9BrCl2O2. The third-order valence-corrected chi connectivity index (χ3v) is 3.52.